The van der Waals surface area contributed by atoms with Gasteiger partial charge >= 0.3 is 10.0 Å². The zero-order valence-corrected chi connectivity index (χ0v) is 44.4. The lowest BCUT2D eigenvalue weighted by atomic mass is 9.78. The SMILES string of the molecule is CCCCCCCCS(=O)(=O)Nc1cc(N(c2ccc(C)cc2)c2ccc(C)cc2)ccc1C1=C([O-])/C(=C2/C=CC(N(c3ccc(C)cc3)c3ccc(C)cc3)=C/C2=[NH+]\S(=O)(=O)CCCCCCCC)C1=O. The van der Waals surface area contributed by atoms with Crippen molar-refractivity contribution in [2.75, 3.05) is 26.0 Å². The molecule has 0 heterocycles. The Balaban J connectivity index is 1.34. The van der Waals surface area contributed by atoms with Gasteiger partial charge in [0.2, 0.25) is 15.7 Å². The highest BCUT2D eigenvalue weighted by molar-refractivity contribution is 7.92. The number of hydrogen-bond acceptors (Lipinski definition) is 8. The van der Waals surface area contributed by atoms with Gasteiger partial charge in [-0.2, -0.15) is 8.42 Å². The molecule has 378 valence electrons. The van der Waals surface area contributed by atoms with Gasteiger partial charge in [-0.1, -0.05) is 161 Å². The van der Waals surface area contributed by atoms with Gasteiger partial charge in [0, 0.05) is 51.2 Å². The standard InChI is InChI=1S/C60H70N4O6S2/c1-7-9-11-13-15-17-39-71(67,68)61-55-41-51(63(47-27-19-43(3)20-28-47)48-29-21-44(4)22-30-48)35-37-53(55)57-59(65)58(60(57)66)54-38-36-52(42-56(54)62-72(69,70)40-18-16-14-12-10-8-2)64(49-31-23-45(5)24-32-49)50-33-25-46(6)26-34-50/h19-38,41-42,61,65H,7-18,39-40H2,1-6H3/b58-54+,62-56+. The number of carbonyl (C=O) groups excluding carboxylic acids is 1. The van der Waals surface area contributed by atoms with Crippen molar-refractivity contribution in [1.82, 2.24) is 0 Å². The Morgan fingerprint density at radius 2 is 0.944 bits per heavy atom. The third-order valence-corrected chi connectivity index (χ3v) is 15.9. The van der Waals surface area contributed by atoms with E-state index in [2.05, 4.69) is 23.0 Å². The minimum absolute atomic E-state index is 0.0977. The first-order valence-corrected chi connectivity index (χ1v) is 28.9. The molecule has 2 aliphatic rings. The first-order valence-electron chi connectivity index (χ1n) is 25.6. The van der Waals surface area contributed by atoms with E-state index in [-0.39, 0.29) is 45.2 Å². The molecule has 0 fully saturated rings. The van der Waals surface area contributed by atoms with Crippen LogP contribution in [0.5, 0.6) is 0 Å². The Morgan fingerprint density at radius 3 is 1.42 bits per heavy atom. The quantitative estimate of drug-likeness (QED) is 0.0460. The summed E-state index contributed by atoms with van der Waals surface area (Å²) in [7, 11) is -7.90. The van der Waals surface area contributed by atoms with E-state index in [0.717, 1.165) is 109 Å². The molecule has 2 aliphatic carbocycles. The van der Waals surface area contributed by atoms with Crippen LogP contribution in [0.15, 0.2) is 156 Å². The number of hydrogen-bond donors (Lipinski definition) is 2. The monoisotopic (exact) mass is 1010 g/mol. The van der Waals surface area contributed by atoms with E-state index < -0.39 is 31.6 Å². The van der Waals surface area contributed by atoms with Crippen LogP contribution in [0.25, 0.3) is 5.57 Å². The highest BCUT2D eigenvalue weighted by atomic mass is 32.2. The van der Waals surface area contributed by atoms with Crippen molar-refractivity contribution < 1.29 is 31.1 Å². The number of rotatable bonds is 24. The molecule has 0 bridgehead atoms. The molecule has 0 radical (unpaired) electrons. The maximum absolute atomic E-state index is 14.8. The lowest BCUT2D eigenvalue weighted by molar-refractivity contribution is -0.298. The molecule has 0 saturated heterocycles. The fourth-order valence-electron chi connectivity index (χ4n) is 9.08. The van der Waals surface area contributed by atoms with E-state index >= 15 is 0 Å². The molecule has 0 amide bonds. The van der Waals surface area contributed by atoms with Crippen molar-refractivity contribution in [3.8, 4) is 0 Å². The van der Waals surface area contributed by atoms with Crippen LogP contribution in [-0.2, 0) is 24.8 Å². The molecule has 0 spiro atoms. The molecule has 0 aliphatic heterocycles. The molecule has 72 heavy (non-hydrogen) atoms. The Morgan fingerprint density at radius 1 is 0.514 bits per heavy atom. The van der Waals surface area contributed by atoms with E-state index in [1.807, 2.05) is 135 Å². The van der Waals surface area contributed by atoms with E-state index in [1.54, 1.807) is 36.4 Å². The summed E-state index contributed by atoms with van der Waals surface area (Å²) in [5.74, 6) is -1.49. The number of carbonyl (C=O) groups is 1. The average Bonchev–Trinajstić information content (AvgIpc) is 3.35. The van der Waals surface area contributed by atoms with Gasteiger partial charge in [0.25, 0.3) is 0 Å². The van der Waals surface area contributed by atoms with Crippen LogP contribution < -0.4 is 24.0 Å². The van der Waals surface area contributed by atoms with Gasteiger partial charge < -0.3 is 14.9 Å². The van der Waals surface area contributed by atoms with Crippen LogP contribution in [0.3, 0.4) is 0 Å². The van der Waals surface area contributed by atoms with Gasteiger partial charge in [-0.05, 0) is 113 Å². The van der Waals surface area contributed by atoms with Gasteiger partial charge in [-0.25, -0.2) is 8.42 Å². The number of Topliss-reactive ketones (excluding diaryl/α,β-unsaturated/α-hetero) is 1. The van der Waals surface area contributed by atoms with Crippen molar-refractivity contribution in [2.24, 2.45) is 0 Å². The summed E-state index contributed by atoms with van der Waals surface area (Å²) in [5, 5.41) is 14.8. The molecule has 0 atom stereocenters. The summed E-state index contributed by atoms with van der Waals surface area (Å²) in [4.78, 5) is 18.8. The van der Waals surface area contributed by atoms with Crippen molar-refractivity contribution in [1.29, 1.82) is 0 Å². The van der Waals surface area contributed by atoms with Crippen LogP contribution in [0.1, 0.15) is 119 Å². The third kappa shape index (κ3) is 13.5. The lowest BCUT2D eigenvalue weighted by Crippen LogP contribution is -2.77. The smallest absolute Gasteiger partial charge is 0.363 e. The summed E-state index contributed by atoms with van der Waals surface area (Å²) in [5.41, 5.74) is 8.94. The number of anilines is 6. The number of nitrogens with zero attached hydrogens (tertiary/aromatic N) is 2. The Kier molecular flexibility index (Phi) is 18.0. The second-order valence-corrected chi connectivity index (χ2v) is 22.9. The predicted octanol–water partition coefficient (Wildman–Crippen LogP) is 11.9. The maximum atomic E-state index is 14.8. The summed E-state index contributed by atoms with van der Waals surface area (Å²) in [6.07, 6.45) is 15.8. The van der Waals surface area contributed by atoms with Gasteiger partial charge in [-0.3, -0.25) is 9.52 Å². The zero-order chi connectivity index (χ0) is 51.4. The molecule has 0 saturated carbocycles. The fourth-order valence-corrected chi connectivity index (χ4v) is 11.5. The van der Waals surface area contributed by atoms with Crippen LogP contribution >= 0.6 is 0 Å². The molecule has 5 aromatic rings. The normalized spacial score (nSPS) is 15.4. The number of ketones is 1. The summed E-state index contributed by atoms with van der Waals surface area (Å²) < 4.78 is 61.5. The van der Waals surface area contributed by atoms with Crippen LogP contribution in [-0.4, -0.2) is 39.8 Å². The van der Waals surface area contributed by atoms with Gasteiger partial charge in [0.05, 0.1) is 22.7 Å². The first kappa shape index (κ1) is 53.3. The van der Waals surface area contributed by atoms with E-state index in [1.165, 1.54) is 0 Å². The van der Waals surface area contributed by atoms with Crippen LogP contribution in [0.4, 0.5) is 34.1 Å². The summed E-state index contributed by atoms with van der Waals surface area (Å²) >= 11 is 0. The number of sulfonamides is 2. The Labute approximate surface area is 428 Å². The second-order valence-electron chi connectivity index (χ2n) is 19.3. The Bertz CT molecular complexity index is 3010. The second kappa shape index (κ2) is 24.3. The van der Waals surface area contributed by atoms with E-state index in [4.69, 9.17) is 0 Å². The number of allylic oxidation sites excluding steroid dienone is 6. The molecule has 2 N–H and O–H groups in total. The highest BCUT2D eigenvalue weighted by Gasteiger charge is 2.37. The average molecular weight is 1010 g/mol. The first-order chi connectivity index (χ1) is 34.6. The number of aryl methyl sites for hydroxylation is 4. The molecule has 12 heteroatoms. The van der Waals surface area contributed by atoms with Crippen molar-refractivity contribution in [2.45, 2.75) is 119 Å². The minimum atomic E-state index is -3.95. The molecule has 5 aromatic carbocycles. The largest absolute Gasteiger partial charge is 0.871 e. The molecule has 10 nitrogen and oxygen atoms in total. The topological polar surface area (TPSA) is 141 Å². The van der Waals surface area contributed by atoms with Gasteiger partial charge in [-0.15, -0.1) is 4.40 Å². The van der Waals surface area contributed by atoms with E-state index in [0.29, 0.717) is 24.2 Å². The van der Waals surface area contributed by atoms with Crippen LogP contribution in [0.2, 0.25) is 0 Å². The van der Waals surface area contributed by atoms with Crippen molar-refractivity contribution in [3.63, 3.8) is 0 Å². The Hall–Kier alpha value is -6.50. The summed E-state index contributed by atoms with van der Waals surface area (Å²) in [6.45, 7) is 12.3. The molecule has 0 unspecified atom stereocenters. The maximum Gasteiger partial charge on any atom is 0.363 e. The van der Waals surface area contributed by atoms with E-state index in [9.17, 15) is 26.7 Å². The van der Waals surface area contributed by atoms with Crippen molar-refractivity contribution in [3.05, 3.63) is 184 Å². The number of unbranched alkanes of at least 4 members (excludes halogenated alkanes) is 10. The van der Waals surface area contributed by atoms with Crippen LogP contribution in [0, 0.1) is 27.7 Å². The number of nitrogens with one attached hydrogen (secondary N) is 2. The lowest BCUT2D eigenvalue weighted by Gasteiger charge is -2.34. The van der Waals surface area contributed by atoms with Gasteiger partial charge in [0.15, 0.2) is 5.78 Å². The zero-order valence-electron chi connectivity index (χ0n) is 42.8. The predicted molar refractivity (Wildman–Crippen MR) is 295 cm³/mol. The van der Waals surface area contributed by atoms with Gasteiger partial charge in [0.1, 0.15) is 5.75 Å². The fraction of sp³-hybridized carbons (Fsp3) is 0.333. The molecule has 7 rings (SSSR count). The molecule has 0 aromatic heterocycles. The minimum Gasteiger partial charge on any atom is -0.871 e. The molecular weight excluding hydrogens is 937 g/mol. The third-order valence-electron chi connectivity index (χ3n) is 13.2. The van der Waals surface area contributed by atoms with Crippen molar-refractivity contribution >= 4 is 71.2 Å². The molecular formula is C60H70N4O6S2. The summed E-state index contributed by atoms with van der Waals surface area (Å²) in [6, 6.07) is 37.1. The number of benzene rings is 5. The highest BCUT2D eigenvalue weighted by Crippen LogP contribution is 2.44.